The zero-order chi connectivity index (χ0) is 20.7. The Morgan fingerprint density at radius 2 is 1.83 bits per heavy atom. The van der Waals surface area contributed by atoms with Gasteiger partial charge in [-0.1, -0.05) is 48.5 Å². The number of rotatable bonds is 3. The van der Waals surface area contributed by atoms with Crippen LogP contribution in [-0.2, 0) is 0 Å². The summed E-state index contributed by atoms with van der Waals surface area (Å²) in [6.45, 7) is 1.86. The van der Waals surface area contributed by atoms with Crippen molar-refractivity contribution in [2.24, 2.45) is 4.99 Å². The van der Waals surface area contributed by atoms with Crippen LogP contribution in [0.2, 0.25) is 0 Å². The van der Waals surface area contributed by atoms with Crippen LogP contribution in [0.3, 0.4) is 0 Å². The van der Waals surface area contributed by atoms with E-state index < -0.39 is 0 Å². The second-order valence-corrected chi connectivity index (χ2v) is 8.28. The van der Waals surface area contributed by atoms with Crippen LogP contribution in [0.15, 0.2) is 77.1 Å². The summed E-state index contributed by atoms with van der Waals surface area (Å²) < 4.78 is 0. The van der Waals surface area contributed by atoms with Crippen molar-refractivity contribution in [1.82, 2.24) is 10.3 Å². The summed E-state index contributed by atoms with van der Waals surface area (Å²) in [4.78, 5) is 21.1. The molecule has 5 rings (SSSR count). The predicted octanol–water partition coefficient (Wildman–Crippen LogP) is 5.68. The van der Waals surface area contributed by atoms with Crippen LogP contribution in [-0.4, -0.2) is 21.8 Å². The SMILES string of the molecule is CC1=NC(=O)NC(c2cccc(O)c2)C1c1nc(-c2ccc3ccccc3c2)cs1. The zero-order valence-electron chi connectivity index (χ0n) is 16.2. The third kappa shape index (κ3) is 3.35. The molecule has 6 heteroatoms. The Hall–Kier alpha value is -3.51. The number of urea groups is 1. The molecule has 0 saturated carbocycles. The zero-order valence-corrected chi connectivity index (χ0v) is 17.1. The first-order chi connectivity index (χ1) is 14.6. The number of benzene rings is 3. The van der Waals surface area contributed by atoms with Gasteiger partial charge in [-0.15, -0.1) is 11.3 Å². The van der Waals surface area contributed by atoms with E-state index in [0.29, 0.717) is 5.71 Å². The molecule has 2 N–H and O–H groups in total. The first-order valence-electron chi connectivity index (χ1n) is 9.68. The lowest BCUT2D eigenvalue weighted by Gasteiger charge is -2.30. The lowest BCUT2D eigenvalue weighted by atomic mass is 9.88. The van der Waals surface area contributed by atoms with Gasteiger partial charge in [0, 0.05) is 16.7 Å². The topological polar surface area (TPSA) is 74.6 Å². The predicted molar refractivity (Wildman–Crippen MR) is 120 cm³/mol. The van der Waals surface area contributed by atoms with E-state index in [1.807, 2.05) is 30.5 Å². The third-order valence-electron chi connectivity index (χ3n) is 5.40. The Morgan fingerprint density at radius 3 is 2.67 bits per heavy atom. The average molecular weight is 414 g/mol. The van der Waals surface area contributed by atoms with Crippen molar-refractivity contribution < 1.29 is 9.90 Å². The minimum atomic E-state index is -0.372. The molecule has 1 aliphatic rings. The number of amides is 2. The van der Waals surface area contributed by atoms with Gasteiger partial charge in [-0.2, -0.15) is 0 Å². The number of nitrogens with zero attached hydrogens (tertiary/aromatic N) is 2. The van der Waals surface area contributed by atoms with E-state index in [1.54, 1.807) is 29.5 Å². The average Bonchev–Trinajstić information content (AvgIpc) is 3.22. The van der Waals surface area contributed by atoms with Crippen LogP contribution in [0, 0.1) is 0 Å². The summed E-state index contributed by atoms with van der Waals surface area (Å²) in [6.07, 6.45) is 0. The number of nitrogens with one attached hydrogen (secondary N) is 1. The highest BCUT2D eigenvalue weighted by atomic mass is 32.1. The highest BCUT2D eigenvalue weighted by molar-refractivity contribution is 7.10. The molecule has 5 nitrogen and oxygen atoms in total. The van der Waals surface area contributed by atoms with E-state index >= 15 is 0 Å². The molecule has 3 aromatic carbocycles. The van der Waals surface area contributed by atoms with Crippen LogP contribution in [0.1, 0.15) is 29.5 Å². The molecule has 4 aromatic rings. The van der Waals surface area contributed by atoms with E-state index in [2.05, 4.69) is 40.6 Å². The molecule has 0 radical (unpaired) electrons. The molecule has 0 aliphatic carbocycles. The number of aromatic hydroxyl groups is 1. The number of hydrogen-bond donors (Lipinski definition) is 2. The minimum absolute atomic E-state index is 0.164. The van der Waals surface area contributed by atoms with Crippen molar-refractivity contribution in [2.45, 2.75) is 18.9 Å². The molecule has 0 bridgehead atoms. The number of phenolic OH excluding ortho intramolecular Hbond substituents is 1. The minimum Gasteiger partial charge on any atom is -0.508 e. The fourth-order valence-electron chi connectivity index (χ4n) is 3.95. The Morgan fingerprint density at radius 1 is 1.00 bits per heavy atom. The third-order valence-corrected chi connectivity index (χ3v) is 6.33. The number of aromatic nitrogens is 1. The molecule has 2 amide bonds. The van der Waals surface area contributed by atoms with Crippen molar-refractivity contribution >= 4 is 33.9 Å². The second kappa shape index (κ2) is 7.39. The lowest BCUT2D eigenvalue weighted by molar-refractivity contribution is 0.243. The van der Waals surface area contributed by atoms with Gasteiger partial charge >= 0.3 is 6.03 Å². The van der Waals surface area contributed by atoms with Crippen LogP contribution in [0.5, 0.6) is 5.75 Å². The Kier molecular flexibility index (Phi) is 4.56. The van der Waals surface area contributed by atoms with Crippen molar-refractivity contribution in [2.75, 3.05) is 0 Å². The summed E-state index contributed by atoms with van der Waals surface area (Å²) in [5, 5.41) is 18.1. The fraction of sp³-hybridized carbons (Fsp3) is 0.125. The molecule has 2 unspecified atom stereocenters. The summed E-state index contributed by atoms with van der Waals surface area (Å²) in [6, 6.07) is 20.8. The van der Waals surface area contributed by atoms with Gasteiger partial charge in [0.05, 0.1) is 17.7 Å². The monoisotopic (exact) mass is 413 g/mol. The summed E-state index contributed by atoms with van der Waals surface area (Å²) in [7, 11) is 0. The number of carbonyl (C=O) groups is 1. The van der Waals surface area contributed by atoms with Crippen molar-refractivity contribution in [3.8, 4) is 17.0 Å². The maximum atomic E-state index is 12.1. The van der Waals surface area contributed by atoms with Crippen LogP contribution in [0.4, 0.5) is 4.79 Å². The maximum Gasteiger partial charge on any atom is 0.341 e. The van der Waals surface area contributed by atoms with Gasteiger partial charge < -0.3 is 10.4 Å². The normalized spacial score (nSPS) is 18.8. The number of thiazole rings is 1. The number of carbonyl (C=O) groups excluding carboxylic acids is 1. The quantitative estimate of drug-likeness (QED) is 0.454. The van der Waals surface area contributed by atoms with E-state index in [1.165, 1.54) is 10.8 Å². The van der Waals surface area contributed by atoms with Gasteiger partial charge in [-0.3, -0.25) is 0 Å². The first kappa shape index (κ1) is 18.5. The summed E-state index contributed by atoms with van der Waals surface area (Å²) >= 11 is 1.56. The molecule has 1 aliphatic heterocycles. The molecule has 1 aromatic heterocycles. The summed E-state index contributed by atoms with van der Waals surface area (Å²) in [5.74, 6) is -0.0274. The van der Waals surface area contributed by atoms with Gasteiger partial charge in [-0.05, 0) is 41.5 Å². The molecule has 0 fully saturated rings. The largest absolute Gasteiger partial charge is 0.508 e. The molecule has 148 valence electrons. The first-order valence-corrected chi connectivity index (χ1v) is 10.6. The highest BCUT2D eigenvalue weighted by Crippen LogP contribution is 2.38. The van der Waals surface area contributed by atoms with E-state index in [4.69, 9.17) is 4.98 Å². The molecule has 2 atom stereocenters. The molecule has 2 heterocycles. The van der Waals surface area contributed by atoms with Crippen molar-refractivity contribution in [3.63, 3.8) is 0 Å². The number of phenols is 1. The second-order valence-electron chi connectivity index (χ2n) is 7.39. The number of aliphatic imine (C=N–C) groups is 1. The summed E-state index contributed by atoms with van der Waals surface area (Å²) in [5.41, 5.74) is 3.50. The van der Waals surface area contributed by atoms with Crippen LogP contribution >= 0.6 is 11.3 Å². The standard InChI is InChI=1S/C24H19N3O2S/c1-14-21(22(27-24(29)25-14)18-7-4-8-19(28)12-18)23-26-20(13-30-23)17-10-9-15-5-2-3-6-16(15)11-17/h2-13,21-22,28H,1H3,(H,27,29). The highest BCUT2D eigenvalue weighted by Gasteiger charge is 2.35. The van der Waals surface area contributed by atoms with Gasteiger partial charge in [0.25, 0.3) is 0 Å². The maximum absolute atomic E-state index is 12.1. The molecule has 0 saturated heterocycles. The van der Waals surface area contributed by atoms with Crippen LogP contribution < -0.4 is 5.32 Å². The van der Waals surface area contributed by atoms with Gasteiger partial charge in [0.1, 0.15) is 10.8 Å². The van der Waals surface area contributed by atoms with E-state index in [-0.39, 0.29) is 23.7 Å². The van der Waals surface area contributed by atoms with Crippen molar-refractivity contribution in [3.05, 3.63) is 82.7 Å². The molecular formula is C24H19N3O2S. The fourth-order valence-corrected chi connectivity index (χ4v) is 4.97. The molecular weight excluding hydrogens is 394 g/mol. The lowest BCUT2D eigenvalue weighted by Crippen LogP contribution is -2.38. The Balaban J connectivity index is 1.55. The Labute approximate surface area is 177 Å². The van der Waals surface area contributed by atoms with Crippen LogP contribution in [0.25, 0.3) is 22.0 Å². The van der Waals surface area contributed by atoms with Crippen molar-refractivity contribution in [1.29, 1.82) is 0 Å². The molecule has 0 spiro atoms. The molecule has 30 heavy (non-hydrogen) atoms. The number of fused-ring (bicyclic) bond motifs is 1. The van der Waals surface area contributed by atoms with E-state index in [9.17, 15) is 9.90 Å². The smallest absolute Gasteiger partial charge is 0.341 e. The van der Waals surface area contributed by atoms with Gasteiger partial charge in [0.2, 0.25) is 0 Å². The van der Waals surface area contributed by atoms with E-state index in [0.717, 1.165) is 21.8 Å². The number of hydrogen-bond acceptors (Lipinski definition) is 4. The van der Waals surface area contributed by atoms with Gasteiger partial charge in [0.15, 0.2) is 0 Å². The van der Waals surface area contributed by atoms with Gasteiger partial charge in [-0.25, -0.2) is 14.8 Å². The Bertz CT molecular complexity index is 1290.